The predicted molar refractivity (Wildman–Crippen MR) is 65.6 cm³/mol. The van der Waals surface area contributed by atoms with Crippen LogP contribution in [-0.4, -0.2) is 19.7 Å². The molecule has 18 heavy (non-hydrogen) atoms. The van der Waals surface area contributed by atoms with Gasteiger partial charge in [0.1, 0.15) is 10.3 Å². The molecule has 1 aromatic carbocycles. The van der Waals surface area contributed by atoms with Gasteiger partial charge in [-0.05, 0) is 12.1 Å². The number of nitrogens with zero attached hydrogens (tertiary/aromatic N) is 2. The van der Waals surface area contributed by atoms with Gasteiger partial charge in [0.25, 0.3) is 6.43 Å². The molecule has 3 rings (SSSR count). The Morgan fingerprint density at radius 2 is 2.06 bits per heavy atom. The van der Waals surface area contributed by atoms with Gasteiger partial charge in [0.15, 0.2) is 0 Å². The smallest absolute Gasteiger partial charge is 0.279 e. The van der Waals surface area contributed by atoms with Crippen LogP contribution in [0, 0.1) is 4.64 Å². The van der Waals surface area contributed by atoms with Crippen LogP contribution in [0.2, 0.25) is 0 Å². The highest BCUT2D eigenvalue weighted by Crippen LogP contribution is 2.19. The Morgan fingerprint density at radius 1 is 1.28 bits per heavy atom. The third-order valence-electron chi connectivity index (χ3n) is 2.56. The molecule has 2 aromatic heterocycles. The summed E-state index contributed by atoms with van der Waals surface area (Å²) >= 11 is 5.02. The van der Waals surface area contributed by atoms with E-state index < -0.39 is 6.43 Å². The first-order chi connectivity index (χ1) is 8.65. The standard InChI is InChI=1S/C11H8F2N4S/c12-10(13)8-5-9(18)17(16-8)11-14-6-3-1-2-4-7(6)15-11/h1-5,10,16H,(H,14,15). The van der Waals surface area contributed by atoms with E-state index in [1.54, 1.807) is 0 Å². The zero-order chi connectivity index (χ0) is 12.7. The molecule has 0 radical (unpaired) electrons. The lowest BCUT2D eigenvalue weighted by Gasteiger charge is -1.97. The lowest BCUT2D eigenvalue weighted by molar-refractivity contribution is 0.145. The molecule has 0 atom stereocenters. The Hall–Kier alpha value is -2.02. The van der Waals surface area contributed by atoms with Crippen molar-refractivity contribution in [2.45, 2.75) is 6.43 Å². The molecule has 92 valence electrons. The van der Waals surface area contributed by atoms with E-state index in [1.807, 2.05) is 24.3 Å². The number of rotatable bonds is 2. The van der Waals surface area contributed by atoms with Crippen LogP contribution < -0.4 is 0 Å². The maximum absolute atomic E-state index is 12.6. The first kappa shape index (κ1) is 11.1. The molecule has 0 bridgehead atoms. The minimum absolute atomic E-state index is 0.222. The molecule has 0 amide bonds. The number of hydrogen-bond donors (Lipinski definition) is 2. The van der Waals surface area contributed by atoms with Crippen LogP contribution in [0.5, 0.6) is 0 Å². The van der Waals surface area contributed by atoms with Gasteiger partial charge in [0.2, 0.25) is 5.95 Å². The Bertz CT molecular complexity index is 723. The first-order valence-electron chi connectivity index (χ1n) is 5.20. The second-order valence-electron chi connectivity index (χ2n) is 3.76. The van der Waals surface area contributed by atoms with Gasteiger partial charge in [-0.1, -0.05) is 24.4 Å². The van der Waals surface area contributed by atoms with Crippen LogP contribution in [-0.2, 0) is 0 Å². The van der Waals surface area contributed by atoms with Gasteiger partial charge in [-0.15, -0.1) is 0 Å². The van der Waals surface area contributed by atoms with E-state index in [0.717, 1.165) is 11.0 Å². The number of imidazole rings is 1. The molecule has 2 N–H and O–H groups in total. The van der Waals surface area contributed by atoms with Gasteiger partial charge in [0.05, 0.1) is 11.0 Å². The van der Waals surface area contributed by atoms with Gasteiger partial charge in [-0.3, -0.25) is 5.10 Å². The lowest BCUT2D eigenvalue weighted by Crippen LogP contribution is -1.99. The number of nitrogens with one attached hydrogen (secondary N) is 2. The summed E-state index contributed by atoms with van der Waals surface area (Å²) in [5, 5.41) is 2.53. The van der Waals surface area contributed by atoms with Gasteiger partial charge < -0.3 is 4.98 Å². The van der Waals surface area contributed by atoms with Crippen LogP contribution in [0.3, 0.4) is 0 Å². The molecule has 2 heterocycles. The van der Waals surface area contributed by atoms with E-state index in [1.165, 1.54) is 10.7 Å². The Kier molecular flexibility index (Phi) is 2.48. The molecule has 0 unspecified atom stereocenters. The number of hydrogen-bond acceptors (Lipinski definition) is 2. The third-order valence-corrected chi connectivity index (χ3v) is 2.86. The van der Waals surface area contributed by atoms with Gasteiger partial charge in [-0.2, -0.15) is 0 Å². The lowest BCUT2D eigenvalue weighted by atomic mass is 10.3. The maximum Gasteiger partial charge on any atom is 0.279 e. The molecule has 0 aliphatic carbocycles. The van der Waals surface area contributed by atoms with Crippen molar-refractivity contribution in [3.63, 3.8) is 0 Å². The summed E-state index contributed by atoms with van der Waals surface area (Å²) in [4.78, 5) is 7.30. The molecule has 7 heteroatoms. The van der Waals surface area contributed by atoms with Crippen LogP contribution in [0.15, 0.2) is 30.3 Å². The first-order valence-corrected chi connectivity index (χ1v) is 5.61. The average Bonchev–Trinajstić information content (AvgIpc) is 2.91. The molecule has 0 saturated heterocycles. The van der Waals surface area contributed by atoms with E-state index in [0.29, 0.717) is 5.95 Å². The quantitative estimate of drug-likeness (QED) is 0.699. The molecule has 4 nitrogen and oxygen atoms in total. The minimum atomic E-state index is -2.59. The fraction of sp³-hybridized carbons (Fsp3) is 0.0909. The van der Waals surface area contributed by atoms with E-state index in [2.05, 4.69) is 15.1 Å². The van der Waals surface area contributed by atoms with E-state index in [-0.39, 0.29) is 10.3 Å². The van der Waals surface area contributed by atoms with Gasteiger partial charge in [0, 0.05) is 6.07 Å². The maximum atomic E-state index is 12.6. The Morgan fingerprint density at radius 3 is 2.72 bits per heavy atom. The number of halogens is 2. The van der Waals surface area contributed by atoms with Crippen molar-refractivity contribution >= 4 is 23.3 Å². The SMILES string of the molecule is FC(F)c1cc(=S)n(-c2nc3ccccc3[nH]2)[nH]1. The summed E-state index contributed by atoms with van der Waals surface area (Å²) in [5.41, 5.74) is 1.35. The zero-order valence-electron chi connectivity index (χ0n) is 9.02. The van der Waals surface area contributed by atoms with Crippen molar-refractivity contribution in [1.82, 2.24) is 19.7 Å². The van der Waals surface area contributed by atoms with Crippen molar-refractivity contribution < 1.29 is 8.78 Å². The molecule has 3 aromatic rings. The summed E-state index contributed by atoms with van der Waals surface area (Å²) < 4.78 is 26.7. The summed E-state index contributed by atoms with van der Waals surface area (Å²) in [7, 11) is 0. The molecule has 0 fully saturated rings. The van der Waals surface area contributed by atoms with Crippen LogP contribution in [0.25, 0.3) is 17.0 Å². The van der Waals surface area contributed by atoms with Gasteiger partial charge >= 0.3 is 0 Å². The number of alkyl halides is 2. The van der Waals surface area contributed by atoms with Crippen molar-refractivity contribution in [1.29, 1.82) is 0 Å². The summed E-state index contributed by atoms with van der Waals surface area (Å²) in [6.45, 7) is 0. The third kappa shape index (κ3) is 1.72. The van der Waals surface area contributed by atoms with Crippen LogP contribution >= 0.6 is 12.2 Å². The van der Waals surface area contributed by atoms with E-state index in [9.17, 15) is 8.78 Å². The molecule has 0 aliphatic rings. The summed E-state index contributed by atoms with van der Waals surface area (Å²) in [5.74, 6) is 0.396. The largest absolute Gasteiger partial charge is 0.322 e. The van der Waals surface area contributed by atoms with Crippen LogP contribution in [0.1, 0.15) is 12.1 Å². The highest BCUT2D eigenvalue weighted by molar-refractivity contribution is 7.71. The number of H-pyrrole nitrogens is 2. The number of benzene rings is 1. The average molecular weight is 266 g/mol. The zero-order valence-corrected chi connectivity index (χ0v) is 9.84. The van der Waals surface area contributed by atoms with Crippen molar-refractivity contribution in [3.05, 3.63) is 40.7 Å². The summed E-state index contributed by atoms with van der Waals surface area (Å²) in [6, 6.07) is 8.63. The Balaban J connectivity index is 2.17. The normalized spacial score (nSPS) is 11.5. The van der Waals surface area contributed by atoms with Crippen molar-refractivity contribution in [2.75, 3.05) is 0 Å². The van der Waals surface area contributed by atoms with Gasteiger partial charge in [-0.25, -0.2) is 18.4 Å². The minimum Gasteiger partial charge on any atom is -0.322 e. The fourth-order valence-corrected chi connectivity index (χ4v) is 1.99. The Labute approximate surface area is 105 Å². The van der Waals surface area contributed by atoms with Crippen molar-refractivity contribution in [2.24, 2.45) is 0 Å². The van der Waals surface area contributed by atoms with Crippen molar-refractivity contribution in [3.8, 4) is 5.95 Å². The molecule has 0 saturated carbocycles. The molecular formula is C11H8F2N4S. The molecule has 0 spiro atoms. The number of aromatic nitrogens is 4. The molecule has 0 aliphatic heterocycles. The van der Waals surface area contributed by atoms with Crippen LogP contribution in [0.4, 0.5) is 8.78 Å². The van der Waals surface area contributed by atoms with E-state index in [4.69, 9.17) is 12.2 Å². The monoisotopic (exact) mass is 266 g/mol. The summed E-state index contributed by atoms with van der Waals surface area (Å²) in [6.07, 6.45) is -2.59. The highest BCUT2D eigenvalue weighted by atomic mass is 32.1. The second kappa shape index (κ2) is 4.02. The number of fused-ring (bicyclic) bond motifs is 1. The molecular weight excluding hydrogens is 258 g/mol. The predicted octanol–water partition coefficient (Wildman–Crippen LogP) is 3.35. The second-order valence-corrected chi connectivity index (χ2v) is 4.18. The van der Waals surface area contributed by atoms with E-state index >= 15 is 0 Å². The fourth-order valence-electron chi connectivity index (χ4n) is 1.73. The number of para-hydroxylation sites is 2. The highest BCUT2D eigenvalue weighted by Gasteiger charge is 2.13. The topological polar surface area (TPSA) is 49.4 Å². The number of aromatic amines is 2.